The van der Waals surface area contributed by atoms with Gasteiger partial charge in [0.05, 0.1) is 6.61 Å². The van der Waals surface area contributed by atoms with Gasteiger partial charge in [0.25, 0.3) is 0 Å². The topological polar surface area (TPSA) is 90.3 Å². The molecule has 0 radical (unpaired) electrons. The van der Waals surface area contributed by atoms with Crippen molar-refractivity contribution in [2.24, 2.45) is 5.92 Å². The van der Waals surface area contributed by atoms with E-state index in [4.69, 9.17) is 4.74 Å². The molecule has 3 aromatic carbocycles. The molecular weight excluding hydrogens is 536 g/mol. The van der Waals surface area contributed by atoms with E-state index in [-0.39, 0.29) is 35.8 Å². The summed E-state index contributed by atoms with van der Waals surface area (Å²) in [5.74, 6) is 5.75. The molecule has 0 amide bonds. The lowest BCUT2D eigenvalue weighted by Gasteiger charge is -2.37. The molecular formula is C33H40N2O5S. The van der Waals surface area contributed by atoms with Crippen LogP contribution in [-0.2, 0) is 16.6 Å². The van der Waals surface area contributed by atoms with E-state index in [1.807, 2.05) is 32.2 Å². The van der Waals surface area contributed by atoms with Crippen LogP contribution >= 0.6 is 0 Å². The minimum atomic E-state index is -3.94. The maximum atomic E-state index is 13.7. The third-order valence-electron chi connectivity index (χ3n) is 7.19. The van der Waals surface area contributed by atoms with Gasteiger partial charge in [0, 0.05) is 37.2 Å². The van der Waals surface area contributed by atoms with Gasteiger partial charge in [0.15, 0.2) is 0 Å². The van der Waals surface area contributed by atoms with Crippen LogP contribution in [0.3, 0.4) is 0 Å². The monoisotopic (exact) mass is 576 g/mol. The van der Waals surface area contributed by atoms with E-state index < -0.39 is 21.7 Å². The number of likely N-dealkylation sites (N-methyl/N-ethyl adjacent to an activating group) is 1. The average molecular weight is 577 g/mol. The Morgan fingerprint density at radius 3 is 2.37 bits per heavy atom. The van der Waals surface area contributed by atoms with Crippen LogP contribution in [-0.4, -0.2) is 72.3 Å². The summed E-state index contributed by atoms with van der Waals surface area (Å²) >= 11 is 0. The van der Waals surface area contributed by atoms with E-state index in [2.05, 4.69) is 53.1 Å². The highest BCUT2D eigenvalue weighted by molar-refractivity contribution is 7.89. The van der Waals surface area contributed by atoms with Crippen LogP contribution < -0.4 is 4.74 Å². The number of aliphatic hydroxyl groups is 2. The predicted molar refractivity (Wildman–Crippen MR) is 162 cm³/mol. The normalized spacial score (nSPS) is 19.7. The lowest BCUT2D eigenvalue weighted by molar-refractivity contribution is 0.0733. The molecule has 218 valence electrons. The molecule has 0 bridgehead atoms. The number of hydrogen-bond donors (Lipinski definition) is 2. The third-order valence-corrected chi connectivity index (χ3v) is 9.20. The molecule has 3 aromatic rings. The molecule has 1 aliphatic rings. The van der Waals surface area contributed by atoms with Gasteiger partial charge in [-0.25, -0.2) is 8.42 Å². The predicted octanol–water partition coefficient (Wildman–Crippen LogP) is 4.38. The van der Waals surface area contributed by atoms with Crippen LogP contribution in [0.2, 0.25) is 0 Å². The van der Waals surface area contributed by atoms with E-state index in [1.54, 1.807) is 32.9 Å². The molecule has 7 nitrogen and oxygen atoms in total. The quantitative estimate of drug-likeness (QED) is 0.406. The van der Waals surface area contributed by atoms with Crippen molar-refractivity contribution >= 4 is 10.0 Å². The average Bonchev–Trinajstić information content (AvgIpc) is 2.93. The summed E-state index contributed by atoms with van der Waals surface area (Å²) in [5, 5.41) is 19.9. The Hall–Kier alpha value is -3.19. The van der Waals surface area contributed by atoms with Gasteiger partial charge in [0.1, 0.15) is 22.4 Å². The summed E-state index contributed by atoms with van der Waals surface area (Å²) in [6.45, 7) is 8.03. The SMILES string of the molecule is C[C@H]1CN([C@@H](C)CO)S(=O)(=O)c2ccc(C#CC(C)(C)O)cc2O[C@H]1CN(C)Cc1ccc(-c2ccccc2)cc1. The molecule has 0 spiro atoms. The highest BCUT2D eigenvalue weighted by atomic mass is 32.2. The molecule has 0 saturated carbocycles. The zero-order valence-corrected chi connectivity index (χ0v) is 25.2. The fraction of sp³-hybridized carbons (Fsp3) is 0.394. The van der Waals surface area contributed by atoms with Crippen molar-refractivity contribution in [3.8, 4) is 28.7 Å². The Balaban J connectivity index is 1.60. The fourth-order valence-electron chi connectivity index (χ4n) is 4.86. The number of rotatable bonds is 7. The highest BCUT2D eigenvalue weighted by Gasteiger charge is 2.38. The lowest BCUT2D eigenvalue weighted by atomic mass is 10.0. The van der Waals surface area contributed by atoms with Crippen molar-refractivity contribution in [3.05, 3.63) is 83.9 Å². The lowest BCUT2D eigenvalue weighted by Crippen LogP contribution is -2.49. The summed E-state index contributed by atoms with van der Waals surface area (Å²) in [6, 6.07) is 22.9. The number of aliphatic hydroxyl groups excluding tert-OH is 1. The first kappa shape index (κ1) is 30.8. The molecule has 8 heteroatoms. The van der Waals surface area contributed by atoms with Gasteiger partial charge in [-0.1, -0.05) is 73.4 Å². The van der Waals surface area contributed by atoms with Crippen LogP contribution in [0, 0.1) is 17.8 Å². The Morgan fingerprint density at radius 2 is 1.73 bits per heavy atom. The largest absolute Gasteiger partial charge is 0.487 e. The first-order valence-corrected chi connectivity index (χ1v) is 15.3. The number of benzene rings is 3. The highest BCUT2D eigenvalue weighted by Crippen LogP contribution is 2.34. The molecule has 2 N–H and O–H groups in total. The Kier molecular flexibility index (Phi) is 9.58. The molecule has 1 aliphatic heterocycles. The maximum absolute atomic E-state index is 13.7. The van der Waals surface area contributed by atoms with Crippen molar-refractivity contribution in [3.63, 3.8) is 0 Å². The van der Waals surface area contributed by atoms with Crippen molar-refractivity contribution in [1.29, 1.82) is 0 Å². The molecule has 3 atom stereocenters. The van der Waals surface area contributed by atoms with Gasteiger partial charge in [-0.3, -0.25) is 4.90 Å². The number of sulfonamides is 1. The maximum Gasteiger partial charge on any atom is 0.247 e. The van der Waals surface area contributed by atoms with E-state index in [9.17, 15) is 18.6 Å². The van der Waals surface area contributed by atoms with E-state index >= 15 is 0 Å². The molecule has 0 unspecified atom stereocenters. The second kappa shape index (κ2) is 12.8. The number of nitrogens with zero attached hydrogens (tertiary/aromatic N) is 2. The van der Waals surface area contributed by atoms with Gasteiger partial charge in [-0.2, -0.15) is 4.31 Å². The smallest absolute Gasteiger partial charge is 0.247 e. The Labute approximate surface area is 244 Å². The van der Waals surface area contributed by atoms with Gasteiger partial charge < -0.3 is 14.9 Å². The molecule has 1 heterocycles. The standard InChI is InChI=1S/C33H40N2O5S/c1-24-20-35(25(2)23-36)41(38,39)32-16-13-26(17-18-33(3,4)37)19-30(32)40-31(24)22-34(5)21-27-11-14-29(15-12-27)28-9-7-6-8-10-28/h6-16,19,24-25,31,36-37H,20-23H2,1-5H3/t24-,25-,31-/m0/s1. The van der Waals surface area contributed by atoms with Crippen LogP contribution in [0.4, 0.5) is 0 Å². The van der Waals surface area contributed by atoms with Crippen LogP contribution in [0.25, 0.3) is 11.1 Å². The van der Waals surface area contributed by atoms with Crippen LogP contribution in [0.1, 0.15) is 38.8 Å². The zero-order valence-electron chi connectivity index (χ0n) is 24.4. The summed E-state index contributed by atoms with van der Waals surface area (Å²) in [6.07, 6.45) is -0.330. The Morgan fingerprint density at radius 1 is 1.07 bits per heavy atom. The number of hydrogen-bond acceptors (Lipinski definition) is 6. The van der Waals surface area contributed by atoms with Crippen molar-refractivity contribution < 1.29 is 23.4 Å². The zero-order chi connectivity index (χ0) is 29.8. The minimum Gasteiger partial charge on any atom is -0.487 e. The second-order valence-electron chi connectivity index (χ2n) is 11.5. The first-order chi connectivity index (χ1) is 19.4. The molecule has 4 rings (SSSR count). The third kappa shape index (κ3) is 7.76. The first-order valence-electron chi connectivity index (χ1n) is 13.9. The van der Waals surface area contributed by atoms with Crippen molar-refractivity contribution in [1.82, 2.24) is 9.21 Å². The van der Waals surface area contributed by atoms with Gasteiger partial charge in [-0.05, 0) is 62.7 Å². The van der Waals surface area contributed by atoms with Crippen molar-refractivity contribution in [2.45, 2.75) is 56.9 Å². The summed E-state index contributed by atoms with van der Waals surface area (Å²) in [4.78, 5) is 2.22. The van der Waals surface area contributed by atoms with Gasteiger partial charge in [0.2, 0.25) is 10.0 Å². The number of ether oxygens (including phenoxy) is 1. The summed E-state index contributed by atoms with van der Waals surface area (Å²) in [7, 11) is -1.91. The van der Waals surface area contributed by atoms with Crippen LogP contribution in [0.15, 0.2) is 77.7 Å². The second-order valence-corrected chi connectivity index (χ2v) is 13.3. The molecule has 0 aliphatic carbocycles. The minimum absolute atomic E-state index is 0.0441. The number of fused-ring (bicyclic) bond motifs is 1. The fourth-order valence-corrected chi connectivity index (χ4v) is 6.69. The summed E-state index contributed by atoms with van der Waals surface area (Å²) < 4.78 is 35.2. The van der Waals surface area contributed by atoms with E-state index in [0.717, 1.165) is 11.1 Å². The van der Waals surface area contributed by atoms with Crippen LogP contribution in [0.5, 0.6) is 5.75 Å². The van der Waals surface area contributed by atoms with Crippen molar-refractivity contribution in [2.75, 3.05) is 26.7 Å². The van der Waals surface area contributed by atoms with Gasteiger partial charge >= 0.3 is 0 Å². The van der Waals surface area contributed by atoms with Gasteiger partial charge in [-0.15, -0.1) is 0 Å². The molecule has 0 saturated heterocycles. The van der Waals surface area contributed by atoms with E-state index in [0.29, 0.717) is 18.7 Å². The Bertz CT molecular complexity index is 1490. The van der Waals surface area contributed by atoms with E-state index in [1.165, 1.54) is 15.9 Å². The summed E-state index contributed by atoms with van der Waals surface area (Å²) in [5.41, 5.74) is 2.85. The molecule has 41 heavy (non-hydrogen) atoms. The molecule has 0 aromatic heterocycles. The molecule has 0 fully saturated rings.